The fourth-order valence-corrected chi connectivity index (χ4v) is 1.42. The molecule has 0 fully saturated rings. The summed E-state index contributed by atoms with van der Waals surface area (Å²) in [5.74, 6) is 0.478. The Bertz CT molecular complexity index is 490. The Morgan fingerprint density at radius 3 is 2.47 bits per heavy atom. The summed E-state index contributed by atoms with van der Waals surface area (Å²) in [6, 6.07) is 1.73. The van der Waals surface area contributed by atoms with Crippen LogP contribution in [-0.2, 0) is 0 Å². The van der Waals surface area contributed by atoms with Crippen LogP contribution in [0.2, 0.25) is 0 Å². The van der Waals surface area contributed by atoms with Gasteiger partial charge in [-0.15, -0.1) is 0 Å². The van der Waals surface area contributed by atoms with Crippen LogP contribution in [0.5, 0.6) is 0 Å². The highest BCUT2D eigenvalue weighted by Gasteiger charge is 2.12. The molecule has 0 aliphatic heterocycles. The minimum Gasteiger partial charge on any atom is -0.298 e. The van der Waals surface area contributed by atoms with Crippen molar-refractivity contribution in [2.45, 2.75) is 13.8 Å². The maximum absolute atomic E-state index is 10.8. The first-order chi connectivity index (χ1) is 7.24. The van der Waals surface area contributed by atoms with E-state index in [1.165, 1.54) is 0 Å². The third-order valence-corrected chi connectivity index (χ3v) is 2.21. The molecule has 2 heterocycles. The molecule has 5 nitrogen and oxygen atoms in total. The molecule has 76 valence electrons. The van der Waals surface area contributed by atoms with Gasteiger partial charge in [0.1, 0.15) is 0 Å². The van der Waals surface area contributed by atoms with E-state index in [2.05, 4.69) is 15.1 Å². The number of aldehydes is 1. The molecule has 0 atom stereocenters. The molecule has 0 aliphatic rings. The van der Waals surface area contributed by atoms with Crippen molar-refractivity contribution in [2.24, 2.45) is 0 Å². The van der Waals surface area contributed by atoms with E-state index in [0.29, 0.717) is 17.2 Å². The third-order valence-electron chi connectivity index (χ3n) is 2.21. The Balaban J connectivity index is 2.60. The van der Waals surface area contributed by atoms with E-state index in [4.69, 9.17) is 0 Å². The normalized spacial score (nSPS) is 10.3. The zero-order chi connectivity index (χ0) is 10.8. The quantitative estimate of drug-likeness (QED) is 0.684. The summed E-state index contributed by atoms with van der Waals surface area (Å²) in [4.78, 5) is 18.9. The van der Waals surface area contributed by atoms with Crippen molar-refractivity contribution in [3.8, 4) is 5.95 Å². The molecule has 5 heteroatoms. The minimum atomic E-state index is 0.478. The van der Waals surface area contributed by atoms with Gasteiger partial charge < -0.3 is 0 Å². The SMILES string of the molecule is Cc1nn(-c2ncccn2)c(C)c1C=O. The van der Waals surface area contributed by atoms with Crippen LogP contribution in [0.25, 0.3) is 5.95 Å². The lowest BCUT2D eigenvalue weighted by Crippen LogP contribution is -2.04. The fraction of sp³-hybridized carbons (Fsp3) is 0.200. The highest BCUT2D eigenvalue weighted by molar-refractivity contribution is 5.78. The predicted octanol–water partition coefficient (Wildman–Crippen LogP) is 1.09. The Labute approximate surface area is 86.8 Å². The van der Waals surface area contributed by atoms with E-state index in [-0.39, 0.29) is 0 Å². The number of carbonyl (C=O) groups is 1. The van der Waals surface area contributed by atoms with Gasteiger partial charge in [-0.25, -0.2) is 14.6 Å². The first-order valence-electron chi connectivity index (χ1n) is 4.53. The average molecular weight is 202 g/mol. The Morgan fingerprint density at radius 1 is 1.27 bits per heavy atom. The number of rotatable bonds is 2. The third kappa shape index (κ3) is 1.52. The van der Waals surface area contributed by atoms with Crippen molar-refractivity contribution < 1.29 is 4.79 Å². The molecule has 0 amide bonds. The van der Waals surface area contributed by atoms with Crippen molar-refractivity contribution in [3.63, 3.8) is 0 Å². The first kappa shape index (κ1) is 9.51. The molecule has 0 spiro atoms. The number of aromatic nitrogens is 4. The summed E-state index contributed by atoms with van der Waals surface area (Å²) in [5.41, 5.74) is 2.05. The highest BCUT2D eigenvalue weighted by atomic mass is 16.1. The van der Waals surface area contributed by atoms with Crippen LogP contribution in [0, 0.1) is 13.8 Å². The Hall–Kier alpha value is -2.04. The van der Waals surface area contributed by atoms with Crippen molar-refractivity contribution in [1.29, 1.82) is 0 Å². The van der Waals surface area contributed by atoms with Crippen LogP contribution < -0.4 is 0 Å². The molecule has 15 heavy (non-hydrogen) atoms. The fourth-order valence-electron chi connectivity index (χ4n) is 1.42. The van der Waals surface area contributed by atoms with Crippen molar-refractivity contribution in [1.82, 2.24) is 19.7 Å². The number of aryl methyl sites for hydroxylation is 1. The van der Waals surface area contributed by atoms with Crippen LogP contribution in [0.1, 0.15) is 21.7 Å². The number of nitrogens with zero attached hydrogens (tertiary/aromatic N) is 4. The number of hydrogen-bond acceptors (Lipinski definition) is 4. The summed E-state index contributed by atoms with van der Waals surface area (Å²) in [7, 11) is 0. The van der Waals surface area contributed by atoms with Gasteiger partial charge in [-0.05, 0) is 19.9 Å². The van der Waals surface area contributed by atoms with E-state index in [0.717, 1.165) is 12.0 Å². The lowest BCUT2D eigenvalue weighted by molar-refractivity contribution is 0.112. The lowest BCUT2D eigenvalue weighted by Gasteiger charge is -2.00. The van der Waals surface area contributed by atoms with E-state index in [9.17, 15) is 4.79 Å². The molecule has 0 N–H and O–H groups in total. The first-order valence-corrected chi connectivity index (χ1v) is 4.53. The highest BCUT2D eigenvalue weighted by Crippen LogP contribution is 2.12. The van der Waals surface area contributed by atoms with Crippen LogP contribution in [0.15, 0.2) is 18.5 Å². The summed E-state index contributed by atoms with van der Waals surface area (Å²) >= 11 is 0. The van der Waals surface area contributed by atoms with Crippen LogP contribution in [-0.4, -0.2) is 26.0 Å². The van der Waals surface area contributed by atoms with Crippen molar-refractivity contribution in [2.75, 3.05) is 0 Å². The molecule has 2 rings (SSSR count). The summed E-state index contributed by atoms with van der Waals surface area (Å²) in [6.45, 7) is 3.61. The molecule has 0 radical (unpaired) electrons. The number of carbonyl (C=O) groups excluding carboxylic acids is 1. The Morgan fingerprint density at radius 2 is 1.93 bits per heavy atom. The molecule has 2 aromatic rings. The van der Waals surface area contributed by atoms with E-state index < -0.39 is 0 Å². The average Bonchev–Trinajstić information content (AvgIpc) is 2.55. The van der Waals surface area contributed by atoms with Gasteiger partial charge in [0.2, 0.25) is 0 Å². The van der Waals surface area contributed by atoms with Gasteiger partial charge in [0.25, 0.3) is 5.95 Å². The van der Waals surface area contributed by atoms with Gasteiger partial charge in [-0.2, -0.15) is 5.10 Å². The van der Waals surface area contributed by atoms with Gasteiger partial charge in [0.05, 0.1) is 17.0 Å². The van der Waals surface area contributed by atoms with Gasteiger partial charge in [0, 0.05) is 12.4 Å². The summed E-state index contributed by atoms with van der Waals surface area (Å²) in [5, 5.41) is 4.21. The molecule has 0 saturated heterocycles. The van der Waals surface area contributed by atoms with E-state index >= 15 is 0 Å². The second-order valence-electron chi connectivity index (χ2n) is 3.16. The molecule has 0 saturated carbocycles. The standard InChI is InChI=1S/C10H10N4O/c1-7-9(6-15)8(2)14(13-7)10-11-4-3-5-12-10/h3-6H,1-2H3. The largest absolute Gasteiger partial charge is 0.298 e. The van der Waals surface area contributed by atoms with Crippen LogP contribution in [0.3, 0.4) is 0 Å². The molecular weight excluding hydrogens is 192 g/mol. The monoisotopic (exact) mass is 202 g/mol. The summed E-state index contributed by atoms with van der Waals surface area (Å²) in [6.07, 6.45) is 4.08. The van der Waals surface area contributed by atoms with Gasteiger partial charge in [-0.1, -0.05) is 0 Å². The topological polar surface area (TPSA) is 60.7 Å². The number of hydrogen-bond donors (Lipinski definition) is 0. The molecule has 0 aromatic carbocycles. The Kier molecular flexibility index (Phi) is 2.29. The molecule has 0 aliphatic carbocycles. The molecule has 2 aromatic heterocycles. The van der Waals surface area contributed by atoms with E-state index in [1.54, 1.807) is 30.1 Å². The smallest absolute Gasteiger partial charge is 0.250 e. The second-order valence-corrected chi connectivity index (χ2v) is 3.16. The van der Waals surface area contributed by atoms with Crippen molar-refractivity contribution in [3.05, 3.63) is 35.4 Å². The van der Waals surface area contributed by atoms with Gasteiger partial charge in [0.15, 0.2) is 6.29 Å². The van der Waals surface area contributed by atoms with Crippen LogP contribution >= 0.6 is 0 Å². The minimum absolute atomic E-state index is 0.478. The maximum Gasteiger partial charge on any atom is 0.250 e. The van der Waals surface area contributed by atoms with Gasteiger partial charge in [-0.3, -0.25) is 4.79 Å². The molecule has 0 bridgehead atoms. The maximum atomic E-state index is 10.8. The predicted molar refractivity (Wildman–Crippen MR) is 54.0 cm³/mol. The molecule has 0 unspecified atom stereocenters. The van der Waals surface area contributed by atoms with Crippen LogP contribution in [0.4, 0.5) is 0 Å². The zero-order valence-electron chi connectivity index (χ0n) is 8.51. The van der Waals surface area contributed by atoms with Crippen molar-refractivity contribution >= 4 is 6.29 Å². The summed E-state index contributed by atoms with van der Waals surface area (Å²) < 4.78 is 1.57. The zero-order valence-corrected chi connectivity index (χ0v) is 8.51. The lowest BCUT2D eigenvalue weighted by atomic mass is 10.2. The van der Waals surface area contributed by atoms with Gasteiger partial charge >= 0.3 is 0 Å². The molecular formula is C10H10N4O. The van der Waals surface area contributed by atoms with E-state index in [1.807, 2.05) is 6.92 Å². The second kappa shape index (κ2) is 3.61.